The average Bonchev–Trinajstić information content (AvgIpc) is 2.05. The molecule has 0 aliphatic rings. The molecule has 0 heterocycles. The highest BCUT2D eigenvalue weighted by Crippen LogP contribution is 2.12. The van der Waals surface area contributed by atoms with Gasteiger partial charge in [-0.2, -0.15) is 4.89 Å². The van der Waals surface area contributed by atoms with Gasteiger partial charge in [0, 0.05) is 0 Å². The zero-order valence-electron chi connectivity index (χ0n) is 7.12. The monoisotopic (exact) mass is 164 g/mol. The van der Waals surface area contributed by atoms with Crippen LogP contribution in [0.4, 0.5) is 0 Å². The average molecular weight is 164 g/mol. The Kier molecular flexibility index (Phi) is 3.35. The van der Waals surface area contributed by atoms with E-state index < -0.39 is 0 Å². The minimum absolute atomic E-state index is 0.397. The molecule has 1 rings (SSSR count). The maximum atomic E-state index is 4.96. The van der Waals surface area contributed by atoms with Gasteiger partial charge in [0.1, 0.15) is 6.61 Å². The largest absolute Gasteiger partial charge is 0.337 e. The van der Waals surface area contributed by atoms with Crippen molar-refractivity contribution in [3.63, 3.8) is 0 Å². The molecule has 1 aromatic carbocycles. The third-order valence-electron chi connectivity index (χ3n) is 1.33. The summed E-state index contributed by atoms with van der Waals surface area (Å²) in [6.45, 7) is 5.90. The molecule has 0 fully saturated rings. The molecule has 2 heteroatoms. The van der Waals surface area contributed by atoms with Crippen molar-refractivity contribution in [2.45, 2.75) is 6.92 Å². The van der Waals surface area contributed by atoms with E-state index in [0.717, 1.165) is 11.3 Å². The Hall–Kier alpha value is -1.28. The molecule has 0 aromatic heterocycles. The molecule has 0 amide bonds. The lowest BCUT2D eigenvalue weighted by Crippen LogP contribution is -1.96. The fourth-order valence-electron chi connectivity index (χ4n) is 0.817. The van der Waals surface area contributed by atoms with Crippen molar-refractivity contribution in [3.05, 3.63) is 42.5 Å². The van der Waals surface area contributed by atoms with E-state index in [1.54, 1.807) is 6.08 Å². The van der Waals surface area contributed by atoms with E-state index in [2.05, 4.69) is 6.58 Å². The SMILES string of the molecule is C=CCOOc1cccc(C)c1. The van der Waals surface area contributed by atoms with Crippen LogP contribution in [0.5, 0.6) is 5.75 Å². The number of aryl methyl sites for hydroxylation is 1. The van der Waals surface area contributed by atoms with Crippen molar-refractivity contribution >= 4 is 0 Å². The van der Waals surface area contributed by atoms with Gasteiger partial charge in [-0.3, -0.25) is 0 Å². The highest BCUT2D eigenvalue weighted by Gasteiger charge is 1.92. The molecule has 64 valence electrons. The Balaban J connectivity index is 2.46. The van der Waals surface area contributed by atoms with Crippen LogP contribution in [0.3, 0.4) is 0 Å². The molecule has 0 unspecified atom stereocenters. The van der Waals surface area contributed by atoms with E-state index in [4.69, 9.17) is 9.78 Å². The van der Waals surface area contributed by atoms with Crippen molar-refractivity contribution in [2.24, 2.45) is 0 Å². The van der Waals surface area contributed by atoms with Crippen LogP contribution in [0.25, 0.3) is 0 Å². The first-order chi connectivity index (χ1) is 5.83. The summed E-state index contributed by atoms with van der Waals surface area (Å²) in [5.74, 6) is 0.719. The van der Waals surface area contributed by atoms with Gasteiger partial charge < -0.3 is 4.89 Å². The van der Waals surface area contributed by atoms with Gasteiger partial charge in [-0.1, -0.05) is 18.2 Å². The lowest BCUT2D eigenvalue weighted by atomic mass is 10.2. The first-order valence-electron chi connectivity index (χ1n) is 3.80. The molecule has 0 saturated heterocycles. The van der Waals surface area contributed by atoms with Crippen LogP contribution in [0.1, 0.15) is 5.56 Å². The first-order valence-corrected chi connectivity index (χ1v) is 3.80. The van der Waals surface area contributed by atoms with Gasteiger partial charge in [0.05, 0.1) is 0 Å². The highest BCUT2D eigenvalue weighted by atomic mass is 17.2. The Morgan fingerprint density at radius 2 is 2.33 bits per heavy atom. The number of hydrogen-bond acceptors (Lipinski definition) is 2. The van der Waals surface area contributed by atoms with E-state index in [-0.39, 0.29) is 0 Å². The number of rotatable bonds is 4. The van der Waals surface area contributed by atoms with Gasteiger partial charge in [0.2, 0.25) is 0 Å². The summed E-state index contributed by atoms with van der Waals surface area (Å²) in [5.41, 5.74) is 1.15. The predicted octanol–water partition coefficient (Wildman–Crippen LogP) is 2.49. The summed E-state index contributed by atoms with van der Waals surface area (Å²) >= 11 is 0. The van der Waals surface area contributed by atoms with Crippen LogP contribution < -0.4 is 4.89 Å². The third kappa shape index (κ3) is 2.76. The van der Waals surface area contributed by atoms with E-state index in [0.29, 0.717) is 6.61 Å². The van der Waals surface area contributed by atoms with E-state index in [9.17, 15) is 0 Å². The van der Waals surface area contributed by atoms with Crippen LogP contribution in [0.2, 0.25) is 0 Å². The maximum absolute atomic E-state index is 4.96. The fourth-order valence-corrected chi connectivity index (χ4v) is 0.817. The van der Waals surface area contributed by atoms with Crippen LogP contribution in [-0.2, 0) is 4.89 Å². The second-order valence-electron chi connectivity index (χ2n) is 2.47. The molecule has 0 bridgehead atoms. The Morgan fingerprint density at radius 1 is 1.50 bits per heavy atom. The second-order valence-corrected chi connectivity index (χ2v) is 2.47. The van der Waals surface area contributed by atoms with E-state index >= 15 is 0 Å². The minimum atomic E-state index is 0.397. The predicted molar refractivity (Wildman–Crippen MR) is 48.0 cm³/mol. The summed E-state index contributed by atoms with van der Waals surface area (Å²) in [4.78, 5) is 9.76. The molecular formula is C10H12O2. The van der Waals surface area contributed by atoms with Crippen molar-refractivity contribution in [2.75, 3.05) is 6.61 Å². The summed E-state index contributed by atoms with van der Waals surface area (Å²) in [6.07, 6.45) is 1.63. The number of hydrogen-bond donors (Lipinski definition) is 0. The molecule has 0 spiro atoms. The lowest BCUT2D eigenvalue weighted by Gasteiger charge is -2.02. The minimum Gasteiger partial charge on any atom is -0.337 e. The number of benzene rings is 1. The van der Waals surface area contributed by atoms with Crippen molar-refractivity contribution in [3.8, 4) is 5.75 Å². The molecule has 0 radical (unpaired) electrons. The first kappa shape index (κ1) is 8.81. The third-order valence-corrected chi connectivity index (χ3v) is 1.33. The summed E-state index contributed by atoms with van der Waals surface area (Å²) in [5, 5.41) is 0. The van der Waals surface area contributed by atoms with Gasteiger partial charge in [-0.25, -0.2) is 0 Å². The highest BCUT2D eigenvalue weighted by molar-refractivity contribution is 5.26. The normalized spacial score (nSPS) is 9.42. The van der Waals surface area contributed by atoms with Gasteiger partial charge in [-0.05, 0) is 24.6 Å². The summed E-state index contributed by atoms with van der Waals surface area (Å²) < 4.78 is 0. The smallest absolute Gasteiger partial charge is 0.165 e. The van der Waals surface area contributed by atoms with Crippen molar-refractivity contribution < 1.29 is 9.78 Å². The maximum Gasteiger partial charge on any atom is 0.165 e. The Bertz CT molecular complexity index is 256. The van der Waals surface area contributed by atoms with E-state index in [1.165, 1.54) is 0 Å². The van der Waals surface area contributed by atoms with Crippen LogP contribution in [-0.4, -0.2) is 6.61 Å². The standard InChI is InChI=1S/C10H12O2/c1-3-7-11-12-10-6-4-5-9(2)8-10/h3-6,8H,1,7H2,2H3. The molecule has 0 atom stereocenters. The van der Waals surface area contributed by atoms with Crippen LogP contribution >= 0.6 is 0 Å². The molecule has 0 aliphatic heterocycles. The van der Waals surface area contributed by atoms with Crippen molar-refractivity contribution in [1.29, 1.82) is 0 Å². The fraction of sp³-hybridized carbons (Fsp3) is 0.200. The van der Waals surface area contributed by atoms with Crippen molar-refractivity contribution in [1.82, 2.24) is 0 Å². The van der Waals surface area contributed by atoms with E-state index in [1.807, 2.05) is 31.2 Å². The summed E-state index contributed by atoms with van der Waals surface area (Å²) in [6, 6.07) is 7.67. The lowest BCUT2D eigenvalue weighted by molar-refractivity contribution is -0.195. The molecule has 0 aliphatic carbocycles. The van der Waals surface area contributed by atoms with Gasteiger partial charge in [0.15, 0.2) is 5.75 Å². The topological polar surface area (TPSA) is 18.5 Å². The van der Waals surface area contributed by atoms with Crippen LogP contribution in [0.15, 0.2) is 36.9 Å². The van der Waals surface area contributed by atoms with Gasteiger partial charge in [-0.15, -0.1) is 6.58 Å². The second kappa shape index (κ2) is 4.57. The zero-order chi connectivity index (χ0) is 8.81. The summed E-state index contributed by atoms with van der Waals surface area (Å²) in [7, 11) is 0. The molecule has 2 nitrogen and oxygen atoms in total. The Labute approximate surface area is 72.4 Å². The molecular weight excluding hydrogens is 152 g/mol. The molecule has 0 saturated carbocycles. The van der Waals surface area contributed by atoms with Gasteiger partial charge >= 0.3 is 0 Å². The zero-order valence-corrected chi connectivity index (χ0v) is 7.12. The molecule has 1 aromatic rings. The van der Waals surface area contributed by atoms with Crippen LogP contribution in [0, 0.1) is 6.92 Å². The van der Waals surface area contributed by atoms with Gasteiger partial charge in [0.25, 0.3) is 0 Å². The molecule has 0 N–H and O–H groups in total. The quantitative estimate of drug-likeness (QED) is 0.294. The molecule has 12 heavy (non-hydrogen) atoms. The Morgan fingerprint density at radius 3 is 3.00 bits per heavy atom.